The van der Waals surface area contributed by atoms with Crippen molar-refractivity contribution >= 4 is 5.97 Å². The summed E-state index contributed by atoms with van der Waals surface area (Å²) in [6, 6.07) is 1.97. The molecular formula is C8H11NO2. The summed E-state index contributed by atoms with van der Waals surface area (Å²) in [5.41, 5.74) is 0. The van der Waals surface area contributed by atoms with Crippen molar-refractivity contribution in [3.8, 4) is 6.07 Å². The van der Waals surface area contributed by atoms with Gasteiger partial charge in [-0.2, -0.15) is 5.26 Å². The summed E-state index contributed by atoms with van der Waals surface area (Å²) in [5, 5.41) is 8.58. The van der Waals surface area contributed by atoms with Gasteiger partial charge in [-0.25, -0.2) is 0 Å². The first-order chi connectivity index (χ1) is 5.29. The maximum absolute atomic E-state index is 11.0. The first-order valence-electron chi connectivity index (χ1n) is 3.85. The second-order valence-corrected chi connectivity index (χ2v) is 2.70. The summed E-state index contributed by atoms with van der Waals surface area (Å²) in [4.78, 5) is 11.0. The van der Waals surface area contributed by atoms with Crippen LogP contribution in [0.4, 0.5) is 0 Å². The third-order valence-corrected chi connectivity index (χ3v) is 1.77. The molecule has 1 aliphatic rings. The van der Waals surface area contributed by atoms with Gasteiger partial charge in [-0.1, -0.05) is 0 Å². The van der Waals surface area contributed by atoms with Crippen LogP contribution in [-0.2, 0) is 9.53 Å². The highest BCUT2D eigenvalue weighted by atomic mass is 16.5. The number of nitriles is 1. The van der Waals surface area contributed by atoms with Gasteiger partial charge in [0, 0.05) is 0 Å². The van der Waals surface area contributed by atoms with E-state index in [9.17, 15) is 4.79 Å². The van der Waals surface area contributed by atoms with E-state index in [2.05, 4.69) is 0 Å². The third kappa shape index (κ3) is 1.94. The zero-order valence-corrected chi connectivity index (χ0v) is 6.54. The number of esters is 1. The molecule has 1 unspecified atom stereocenters. The molecule has 1 fully saturated rings. The molecule has 1 aliphatic carbocycles. The minimum Gasteiger partial charge on any atom is -0.465 e. The molecule has 0 N–H and O–H groups in total. The van der Waals surface area contributed by atoms with Gasteiger partial charge < -0.3 is 4.74 Å². The zero-order valence-electron chi connectivity index (χ0n) is 6.54. The Morgan fingerprint density at radius 1 is 1.82 bits per heavy atom. The number of nitrogens with zero attached hydrogens (tertiary/aromatic N) is 1. The quantitative estimate of drug-likeness (QED) is 0.570. The molecule has 60 valence electrons. The molecule has 3 nitrogen and oxygen atoms in total. The molecule has 1 saturated carbocycles. The predicted molar refractivity (Wildman–Crippen MR) is 38.5 cm³/mol. The van der Waals surface area contributed by atoms with E-state index in [0.717, 1.165) is 12.8 Å². The molecule has 3 heteroatoms. The number of hydrogen-bond acceptors (Lipinski definition) is 3. The topological polar surface area (TPSA) is 50.1 Å². The normalized spacial score (nSPS) is 18.5. The summed E-state index contributed by atoms with van der Waals surface area (Å²) in [6.45, 7) is 2.11. The van der Waals surface area contributed by atoms with Crippen LogP contribution >= 0.6 is 0 Å². The fourth-order valence-electron chi connectivity index (χ4n) is 1.01. The van der Waals surface area contributed by atoms with Gasteiger partial charge in [0.15, 0.2) is 0 Å². The molecule has 0 aromatic carbocycles. The van der Waals surface area contributed by atoms with E-state index >= 15 is 0 Å². The van der Waals surface area contributed by atoms with Crippen LogP contribution in [-0.4, -0.2) is 12.6 Å². The van der Waals surface area contributed by atoms with E-state index < -0.39 is 5.92 Å². The third-order valence-electron chi connectivity index (χ3n) is 1.77. The minimum atomic E-state index is -0.505. The SMILES string of the molecule is CCOC(=O)C(C#N)C1CC1. The molecule has 0 spiro atoms. The van der Waals surface area contributed by atoms with E-state index in [1.54, 1.807) is 6.92 Å². The molecule has 1 atom stereocenters. The van der Waals surface area contributed by atoms with Crippen molar-refractivity contribution in [1.29, 1.82) is 5.26 Å². The van der Waals surface area contributed by atoms with E-state index in [-0.39, 0.29) is 11.9 Å². The number of rotatable bonds is 3. The van der Waals surface area contributed by atoms with Gasteiger partial charge in [0.2, 0.25) is 0 Å². The Bertz CT molecular complexity index is 191. The Labute approximate surface area is 66.0 Å². The van der Waals surface area contributed by atoms with Crippen LogP contribution in [0.15, 0.2) is 0 Å². The molecule has 0 aromatic heterocycles. The van der Waals surface area contributed by atoms with Crippen LogP contribution < -0.4 is 0 Å². The van der Waals surface area contributed by atoms with Gasteiger partial charge in [0.05, 0.1) is 12.7 Å². The molecule has 0 heterocycles. The summed E-state index contributed by atoms with van der Waals surface area (Å²) in [5.74, 6) is -0.577. The van der Waals surface area contributed by atoms with Crippen molar-refractivity contribution in [1.82, 2.24) is 0 Å². The van der Waals surface area contributed by atoms with E-state index in [0.29, 0.717) is 6.61 Å². The van der Waals surface area contributed by atoms with Gasteiger partial charge in [0.25, 0.3) is 0 Å². The van der Waals surface area contributed by atoms with Crippen LogP contribution in [0.2, 0.25) is 0 Å². The molecule has 1 rings (SSSR count). The summed E-state index contributed by atoms with van der Waals surface area (Å²) < 4.78 is 4.73. The van der Waals surface area contributed by atoms with Gasteiger partial charge in [-0.15, -0.1) is 0 Å². The Morgan fingerprint density at radius 3 is 2.82 bits per heavy atom. The lowest BCUT2D eigenvalue weighted by Gasteiger charge is -2.04. The van der Waals surface area contributed by atoms with Crippen LogP contribution in [0, 0.1) is 23.2 Å². The molecule has 0 bridgehead atoms. The highest BCUT2D eigenvalue weighted by Gasteiger charge is 2.37. The fourth-order valence-corrected chi connectivity index (χ4v) is 1.01. The first-order valence-corrected chi connectivity index (χ1v) is 3.85. The van der Waals surface area contributed by atoms with Crippen LogP contribution in [0.1, 0.15) is 19.8 Å². The van der Waals surface area contributed by atoms with Crippen molar-refractivity contribution in [2.24, 2.45) is 11.8 Å². The molecule has 0 saturated heterocycles. The summed E-state index contributed by atoms with van der Waals surface area (Å²) in [7, 11) is 0. The van der Waals surface area contributed by atoms with Crippen molar-refractivity contribution in [2.75, 3.05) is 6.61 Å². The van der Waals surface area contributed by atoms with Crippen LogP contribution in [0.25, 0.3) is 0 Å². The molecule has 0 aromatic rings. The van der Waals surface area contributed by atoms with Crippen LogP contribution in [0.5, 0.6) is 0 Å². The largest absolute Gasteiger partial charge is 0.465 e. The lowest BCUT2D eigenvalue weighted by molar-refractivity contribution is -0.146. The van der Waals surface area contributed by atoms with Crippen LogP contribution in [0.3, 0.4) is 0 Å². The highest BCUT2D eigenvalue weighted by Crippen LogP contribution is 2.36. The Hall–Kier alpha value is -1.04. The highest BCUT2D eigenvalue weighted by molar-refractivity contribution is 5.75. The van der Waals surface area contributed by atoms with Crippen molar-refractivity contribution in [3.63, 3.8) is 0 Å². The molecule has 11 heavy (non-hydrogen) atoms. The Kier molecular flexibility index (Phi) is 2.48. The monoisotopic (exact) mass is 153 g/mol. The first kappa shape index (κ1) is 8.06. The maximum Gasteiger partial charge on any atom is 0.323 e. The second kappa shape index (κ2) is 3.38. The Balaban J connectivity index is 2.41. The van der Waals surface area contributed by atoms with Crippen molar-refractivity contribution in [3.05, 3.63) is 0 Å². The fraction of sp³-hybridized carbons (Fsp3) is 0.750. The molecule has 0 aliphatic heterocycles. The lowest BCUT2D eigenvalue weighted by Crippen LogP contribution is -2.17. The average Bonchev–Trinajstić information content (AvgIpc) is 2.73. The number of hydrogen-bond donors (Lipinski definition) is 0. The van der Waals surface area contributed by atoms with Gasteiger partial charge in [0.1, 0.15) is 5.92 Å². The molecule has 0 radical (unpaired) electrons. The summed E-state index contributed by atoms with van der Waals surface area (Å²) >= 11 is 0. The van der Waals surface area contributed by atoms with Gasteiger partial charge >= 0.3 is 5.97 Å². The maximum atomic E-state index is 11.0. The predicted octanol–water partition coefficient (Wildman–Crippen LogP) is 1.10. The molecular weight excluding hydrogens is 142 g/mol. The van der Waals surface area contributed by atoms with Crippen molar-refractivity contribution in [2.45, 2.75) is 19.8 Å². The summed E-state index contributed by atoms with van der Waals surface area (Å²) in [6.07, 6.45) is 1.99. The standard InChI is InChI=1S/C8H11NO2/c1-2-11-8(10)7(5-9)6-3-4-6/h6-7H,2-4H2,1H3. The number of ether oxygens (including phenoxy) is 1. The van der Waals surface area contributed by atoms with Gasteiger partial charge in [-0.05, 0) is 25.7 Å². The van der Waals surface area contributed by atoms with E-state index in [4.69, 9.17) is 10.00 Å². The molecule has 0 amide bonds. The number of carbonyl (C=O) groups excluding carboxylic acids is 1. The van der Waals surface area contributed by atoms with E-state index in [1.165, 1.54) is 0 Å². The smallest absolute Gasteiger partial charge is 0.323 e. The van der Waals surface area contributed by atoms with Gasteiger partial charge in [-0.3, -0.25) is 4.79 Å². The Morgan fingerprint density at radius 2 is 2.45 bits per heavy atom. The second-order valence-electron chi connectivity index (χ2n) is 2.70. The van der Waals surface area contributed by atoms with Crippen molar-refractivity contribution < 1.29 is 9.53 Å². The zero-order chi connectivity index (χ0) is 8.27. The lowest BCUT2D eigenvalue weighted by atomic mass is 10.1. The minimum absolute atomic E-state index is 0.277. The van der Waals surface area contributed by atoms with E-state index in [1.807, 2.05) is 6.07 Å². The number of carbonyl (C=O) groups is 1. The average molecular weight is 153 g/mol.